The van der Waals surface area contributed by atoms with E-state index in [4.69, 9.17) is 5.73 Å². The molecule has 3 N–H and O–H groups in total. The van der Waals surface area contributed by atoms with Crippen LogP contribution in [0.4, 0.5) is 0 Å². The van der Waals surface area contributed by atoms with Gasteiger partial charge in [0.05, 0.1) is 0 Å². The van der Waals surface area contributed by atoms with Crippen LogP contribution in [0.25, 0.3) is 0 Å². The zero-order valence-corrected chi connectivity index (χ0v) is 10.6. The monoisotopic (exact) mass is 247 g/mol. The van der Waals surface area contributed by atoms with E-state index >= 15 is 0 Å². The van der Waals surface area contributed by atoms with Gasteiger partial charge < -0.3 is 11.1 Å². The summed E-state index contributed by atoms with van der Waals surface area (Å²) in [5.41, 5.74) is 6.69. The highest BCUT2D eigenvalue weighted by molar-refractivity contribution is 5.76. The summed E-state index contributed by atoms with van der Waals surface area (Å²) in [7, 11) is 0. The number of benzene rings is 1. The SMILES string of the molecule is NCCC(=O)NC1CCN(Cc2ccccc2)C1. The van der Waals surface area contributed by atoms with Crippen molar-refractivity contribution in [1.82, 2.24) is 10.2 Å². The highest BCUT2D eigenvalue weighted by atomic mass is 16.1. The van der Waals surface area contributed by atoms with Gasteiger partial charge in [-0.2, -0.15) is 0 Å². The van der Waals surface area contributed by atoms with Crippen LogP contribution in [0, 0.1) is 0 Å². The van der Waals surface area contributed by atoms with Gasteiger partial charge in [-0.15, -0.1) is 0 Å². The molecule has 1 unspecified atom stereocenters. The van der Waals surface area contributed by atoms with Crippen molar-refractivity contribution in [3.63, 3.8) is 0 Å². The molecule has 1 aliphatic rings. The second kappa shape index (κ2) is 6.52. The molecule has 1 saturated heterocycles. The van der Waals surface area contributed by atoms with Crippen molar-refractivity contribution in [2.75, 3.05) is 19.6 Å². The van der Waals surface area contributed by atoms with Gasteiger partial charge in [-0.3, -0.25) is 9.69 Å². The van der Waals surface area contributed by atoms with Crippen molar-refractivity contribution in [1.29, 1.82) is 0 Å². The van der Waals surface area contributed by atoms with Crippen molar-refractivity contribution in [3.05, 3.63) is 35.9 Å². The Morgan fingerprint density at radius 2 is 2.17 bits per heavy atom. The summed E-state index contributed by atoms with van der Waals surface area (Å²) in [5, 5.41) is 3.03. The largest absolute Gasteiger partial charge is 0.352 e. The molecule has 98 valence electrons. The van der Waals surface area contributed by atoms with Crippen LogP contribution >= 0.6 is 0 Å². The van der Waals surface area contributed by atoms with E-state index in [9.17, 15) is 4.79 Å². The fraction of sp³-hybridized carbons (Fsp3) is 0.500. The average Bonchev–Trinajstić information content (AvgIpc) is 2.78. The first-order valence-electron chi connectivity index (χ1n) is 6.53. The van der Waals surface area contributed by atoms with E-state index in [1.807, 2.05) is 6.07 Å². The van der Waals surface area contributed by atoms with Crippen LogP contribution in [0.3, 0.4) is 0 Å². The van der Waals surface area contributed by atoms with Gasteiger partial charge in [0, 0.05) is 38.6 Å². The van der Waals surface area contributed by atoms with E-state index in [2.05, 4.69) is 34.5 Å². The molecule has 1 amide bonds. The Bertz CT molecular complexity index is 380. The number of hydrogen-bond acceptors (Lipinski definition) is 3. The van der Waals surface area contributed by atoms with Crippen LogP contribution in [-0.2, 0) is 11.3 Å². The summed E-state index contributed by atoms with van der Waals surface area (Å²) in [6.07, 6.45) is 1.46. The third-order valence-corrected chi connectivity index (χ3v) is 3.26. The molecule has 4 heteroatoms. The smallest absolute Gasteiger partial charge is 0.221 e. The summed E-state index contributed by atoms with van der Waals surface area (Å²) >= 11 is 0. The number of hydrogen-bond donors (Lipinski definition) is 2. The normalized spacial score (nSPS) is 19.9. The summed E-state index contributed by atoms with van der Waals surface area (Å²) in [6.45, 7) is 3.37. The molecule has 0 aliphatic carbocycles. The highest BCUT2D eigenvalue weighted by Gasteiger charge is 2.23. The first-order chi connectivity index (χ1) is 8.78. The lowest BCUT2D eigenvalue weighted by Crippen LogP contribution is -2.37. The van der Waals surface area contributed by atoms with Crippen LogP contribution in [0.1, 0.15) is 18.4 Å². The van der Waals surface area contributed by atoms with Crippen LogP contribution in [0.15, 0.2) is 30.3 Å². The number of amides is 1. The lowest BCUT2D eigenvalue weighted by molar-refractivity contribution is -0.121. The molecular formula is C14H21N3O. The number of likely N-dealkylation sites (tertiary alicyclic amines) is 1. The average molecular weight is 247 g/mol. The molecule has 4 nitrogen and oxygen atoms in total. The highest BCUT2D eigenvalue weighted by Crippen LogP contribution is 2.13. The molecular weight excluding hydrogens is 226 g/mol. The Hall–Kier alpha value is -1.39. The Morgan fingerprint density at radius 1 is 1.39 bits per heavy atom. The number of carbonyl (C=O) groups excluding carboxylic acids is 1. The topological polar surface area (TPSA) is 58.4 Å². The standard InChI is InChI=1S/C14H21N3O/c15-8-6-14(18)16-13-7-9-17(11-13)10-12-4-2-1-3-5-12/h1-5,13H,6-11,15H2,(H,16,18). The number of carbonyl (C=O) groups is 1. The summed E-state index contributed by atoms with van der Waals surface area (Å²) in [5.74, 6) is 0.0732. The minimum atomic E-state index is 0.0732. The van der Waals surface area contributed by atoms with E-state index in [1.54, 1.807) is 0 Å². The first-order valence-corrected chi connectivity index (χ1v) is 6.53. The maximum atomic E-state index is 11.5. The third kappa shape index (κ3) is 3.82. The molecule has 0 aromatic heterocycles. The molecule has 0 spiro atoms. The van der Waals surface area contributed by atoms with Crippen LogP contribution in [-0.4, -0.2) is 36.5 Å². The zero-order valence-electron chi connectivity index (χ0n) is 10.6. The summed E-state index contributed by atoms with van der Waals surface area (Å²) < 4.78 is 0. The van der Waals surface area contributed by atoms with Gasteiger partial charge in [0.25, 0.3) is 0 Å². The maximum Gasteiger partial charge on any atom is 0.221 e. The van der Waals surface area contributed by atoms with Crippen LogP contribution in [0.2, 0.25) is 0 Å². The number of nitrogens with zero attached hydrogens (tertiary/aromatic N) is 1. The molecule has 18 heavy (non-hydrogen) atoms. The molecule has 0 bridgehead atoms. The first kappa shape index (κ1) is 13.1. The van der Waals surface area contributed by atoms with Gasteiger partial charge in [-0.1, -0.05) is 30.3 Å². The second-order valence-corrected chi connectivity index (χ2v) is 4.81. The van der Waals surface area contributed by atoms with Gasteiger partial charge in [0.2, 0.25) is 5.91 Å². The quantitative estimate of drug-likeness (QED) is 0.806. The fourth-order valence-corrected chi connectivity index (χ4v) is 2.37. The van der Waals surface area contributed by atoms with Crippen molar-refractivity contribution < 1.29 is 4.79 Å². The van der Waals surface area contributed by atoms with Gasteiger partial charge >= 0.3 is 0 Å². The minimum Gasteiger partial charge on any atom is -0.352 e. The number of nitrogens with one attached hydrogen (secondary N) is 1. The van der Waals surface area contributed by atoms with E-state index < -0.39 is 0 Å². The van der Waals surface area contributed by atoms with Gasteiger partial charge in [-0.05, 0) is 12.0 Å². The Labute approximate surface area is 108 Å². The predicted octanol–water partition coefficient (Wildman–Crippen LogP) is 0.726. The van der Waals surface area contributed by atoms with E-state index in [-0.39, 0.29) is 11.9 Å². The Kier molecular flexibility index (Phi) is 4.73. The lowest BCUT2D eigenvalue weighted by atomic mass is 10.2. The second-order valence-electron chi connectivity index (χ2n) is 4.81. The van der Waals surface area contributed by atoms with Gasteiger partial charge in [0.15, 0.2) is 0 Å². The predicted molar refractivity (Wildman–Crippen MR) is 71.9 cm³/mol. The Morgan fingerprint density at radius 3 is 2.89 bits per heavy atom. The maximum absolute atomic E-state index is 11.5. The van der Waals surface area contributed by atoms with Crippen LogP contribution in [0.5, 0.6) is 0 Å². The van der Waals surface area contributed by atoms with E-state index in [0.29, 0.717) is 13.0 Å². The van der Waals surface area contributed by atoms with Crippen molar-refractivity contribution in [2.45, 2.75) is 25.4 Å². The molecule has 1 atom stereocenters. The molecule has 2 rings (SSSR count). The fourth-order valence-electron chi connectivity index (χ4n) is 2.37. The van der Waals surface area contributed by atoms with Crippen molar-refractivity contribution in [3.8, 4) is 0 Å². The molecule has 1 aromatic carbocycles. The minimum absolute atomic E-state index is 0.0732. The lowest BCUT2D eigenvalue weighted by Gasteiger charge is -2.16. The number of nitrogens with two attached hydrogens (primary N) is 1. The third-order valence-electron chi connectivity index (χ3n) is 3.26. The molecule has 0 saturated carbocycles. The summed E-state index contributed by atoms with van der Waals surface area (Å²) in [6, 6.07) is 10.7. The van der Waals surface area contributed by atoms with E-state index in [0.717, 1.165) is 26.1 Å². The van der Waals surface area contributed by atoms with Crippen LogP contribution < -0.4 is 11.1 Å². The van der Waals surface area contributed by atoms with Gasteiger partial charge in [-0.25, -0.2) is 0 Å². The number of rotatable bonds is 5. The zero-order chi connectivity index (χ0) is 12.8. The molecule has 1 aliphatic heterocycles. The molecule has 1 fully saturated rings. The Balaban J connectivity index is 1.76. The van der Waals surface area contributed by atoms with Crippen molar-refractivity contribution >= 4 is 5.91 Å². The molecule has 1 heterocycles. The molecule has 1 aromatic rings. The van der Waals surface area contributed by atoms with Crippen molar-refractivity contribution in [2.24, 2.45) is 5.73 Å². The van der Waals surface area contributed by atoms with Gasteiger partial charge in [0.1, 0.15) is 0 Å². The van der Waals surface area contributed by atoms with E-state index in [1.165, 1.54) is 5.56 Å². The molecule has 0 radical (unpaired) electrons. The summed E-state index contributed by atoms with van der Waals surface area (Å²) in [4.78, 5) is 13.8.